The summed E-state index contributed by atoms with van der Waals surface area (Å²) in [6, 6.07) is 12.5. The van der Waals surface area contributed by atoms with Crippen LogP contribution in [0.3, 0.4) is 0 Å². The van der Waals surface area contributed by atoms with E-state index in [1.54, 1.807) is 6.07 Å². The summed E-state index contributed by atoms with van der Waals surface area (Å²) in [6.45, 7) is 2.24. The molecule has 6 heteroatoms. The van der Waals surface area contributed by atoms with Crippen molar-refractivity contribution in [2.45, 2.75) is 25.8 Å². The molecule has 0 saturated carbocycles. The third-order valence-corrected chi connectivity index (χ3v) is 4.07. The van der Waals surface area contributed by atoms with Crippen molar-refractivity contribution < 1.29 is 14.0 Å². The van der Waals surface area contributed by atoms with Crippen LogP contribution in [0.2, 0.25) is 5.02 Å². The molecule has 0 bridgehead atoms. The summed E-state index contributed by atoms with van der Waals surface area (Å²) in [4.78, 5) is 23.8. The summed E-state index contributed by atoms with van der Waals surface area (Å²) < 4.78 is 12.8. The second-order valence-electron chi connectivity index (χ2n) is 5.68. The molecule has 0 aliphatic heterocycles. The SMILES string of the molecule is CC(NC(=O)CCCNC(=O)c1ccc(F)cc1)c1ccccc1Cl. The maximum Gasteiger partial charge on any atom is 0.251 e. The maximum atomic E-state index is 12.8. The van der Waals surface area contributed by atoms with Gasteiger partial charge in [0.15, 0.2) is 0 Å². The van der Waals surface area contributed by atoms with Crippen LogP contribution in [-0.4, -0.2) is 18.4 Å². The minimum atomic E-state index is -0.388. The van der Waals surface area contributed by atoms with Crippen molar-refractivity contribution >= 4 is 23.4 Å². The second-order valence-corrected chi connectivity index (χ2v) is 6.08. The van der Waals surface area contributed by atoms with Crippen LogP contribution in [0.5, 0.6) is 0 Å². The van der Waals surface area contributed by atoms with Crippen molar-refractivity contribution in [1.82, 2.24) is 10.6 Å². The van der Waals surface area contributed by atoms with Crippen molar-refractivity contribution in [3.63, 3.8) is 0 Å². The minimum Gasteiger partial charge on any atom is -0.352 e. The Morgan fingerprint density at radius 1 is 1.12 bits per heavy atom. The highest BCUT2D eigenvalue weighted by Gasteiger charge is 2.12. The van der Waals surface area contributed by atoms with Gasteiger partial charge in [-0.3, -0.25) is 9.59 Å². The van der Waals surface area contributed by atoms with Gasteiger partial charge in [0.25, 0.3) is 5.91 Å². The van der Waals surface area contributed by atoms with Gasteiger partial charge in [-0.15, -0.1) is 0 Å². The van der Waals surface area contributed by atoms with Crippen molar-refractivity contribution in [3.8, 4) is 0 Å². The molecule has 0 aliphatic carbocycles. The summed E-state index contributed by atoms with van der Waals surface area (Å²) in [5.74, 6) is -0.783. The Morgan fingerprint density at radius 3 is 2.48 bits per heavy atom. The molecule has 0 aromatic heterocycles. The Bertz CT molecular complexity index is 734. The molecule has 2 amide bonds. The van der Waals surface area contributed by atoms with Gasteiger partial charge in [0.05, 0.1) is 6.04 Å². The fourth-order valence-corrected chi connectivity index (χ4v) is 2.67. The highest BCUT2D eigenvalue weighted by atomic mass is 35.5. The van der Waals surface area contributed by atoms with E-state index in [2.05, 4.69) is 10.6 Å². The normalized spacial score (nSPS) is 11.6. The molecule has 2 rings (SSSR count). The summed E-state index contributed by atoms with van der Waals surface area (Å²) >= 11 is 6.11. The first-order valence-electron chi connectivity index (χ1n) is 8.05. The molecule has 1 atom stereocenters. The Morgan fingerprint density at radius 2 is 1.80 bits per heavy atom. The van der Waals surface area contributed by atoms with Gasteiger partial charge in [0.2, 0.25) is 5.91 Å². The van der Waals surface area contributed by atoms with E-state index in [9.17, 15) is 14.0 Å². The molecule has 0 radical (unpaired) electrons. The van der Waals surface area contributed by atoms with Crippen LogP contribution in [-0.2, 0) is 4.79 Å². The Balaban J connectivity index is 1.71. The molecule has 0 spiro atoms. The quantitative estimate of drug-likeness (QED) is 0.735. The number of benzene rings is 2. The van der Waals surface area contributed by atoms with Crippen molar-refractivity contribution in [2.24, 2.45) is 0 Å². The molecular weight excluding hydrogens is 343 g/mol. The standard InChI is InChI=1S/C19H20ClFN2O2/c1-13(16-5-2-3-6-17(16)20)23-18(24)7-4-12-22-19(25)14-8-10-15(21)11-9-14/h2-3,5-6,8-11,13H,4,7,12H2,1H3,(H,22,25)(H,23,24). The van der Waals surface area contributed by atoms with E-state index >= 15 is 0 Å². The van der Waals surface area contributed by atoms with Gasteiger partial charge in [0.1, 0.15) is 5.82 Å². The number of carbonyl (C=O) groups is 2. The van der Waals surface area contributed by atoms with Crippen LogP contribution in [0.4, 0.5) is 4.39 Å². The minimum absolute atomic E-state index is 0.108. The molecule has 0 aliphatic rings. The Labute approximate surface area is 151 Å². The van der Waals surface area contributed by atoms with Crippen LogP contribution in [0.15, 0.2) is 48.5 Å². The van der Waals surface area contributed by atoms with Crippen molar-refractivity contribution in [3.05, 3.63) is 70.5 Å². The van der Waals surface area contributed by atoms with Gasteiger partial charge in [-0.2, -0.15) is 0 Å². The van der Waals surface area contributed by atoms with Crippen LogP contribution in [0.1, 0.15) is 41.7 Å². The molecule has 1 unspecified atom stereocenters. The van der Waals surface area contributed by atoms with E-state index in [0.717, 1.165) is 5.56 Å². The zero-order valence-electron chi connectivity index (χ0n) is 13.9. The fourth-order valence-electron chi connectivity index (χ4n) is 2.37. The van der Waals surface area contributed by atoms with Crippen LogP contribution >= 0.6 is 11.6 Å². The number of halogens is 2. The Hall–Kier alpha value is -2.40. The van der Waals surface area contributed by atoms with Crippen LogP contribution < -0.4 is 10.6 Å². The molecule has 2 aromatic rings. The number of nitrogens with one attached hydrogen (secondary N) is 2. The molecule has 25 heavy (non-hydrogen) atoms. The van der Waals surface area contributed by atoms with E-state index in [1.165, 1.54) is 24.3 Å². The lowest BCUT2D eigenvalue weighted by Gasteiger charge is -2.15. The van der Waals surface area contributed by atoms with E-state index in [1.807, 2.05) is 25.1 Å². The molecular formula is C19H20ClFN2O2. The van der Waals surface area contributed by atoms with E-state index in [0.29, 0.717) is 30.0 Å². The predicted molar refractivity (Wildman–Crippen MR) is 96.0 cm³/mol. The number of carbonyl (C=O) groups excluding carboxylic acids is 2. The second kappa shape index (κ2) is 9.18. The lowest BCUT2D eigenvalue weighted by molar-refractivity contribution is -0.121. The first-order chi connectivity index (χ1) is 12.0. The third kappa shape index (κ3) is 5.87. The van der Waals surface area contributed by atoms with Crippen LogP contribution in [0.25, 0.3) is 0 Å². The molecule has 0 fully saturated rings. The third-order valence-electron chi connectivity index (χ3n) is 3.72. The van der Waals surface area contributed by atoms with Gasteiger partial charge < -0.3 is 10.6 Å². The van der Waals surface area contributed by atoms with Gasteiger partial charge in [-0.05, 0) is 49.2 Å². The number of hydrogen-bond donors (Lipinski definition) is 2. The van der Waals surface area contributed by atoms with Gasteiger partial charge in [-0.1, -0.05) is 29.8 Å². The van der Waals surface area contributed by atoms with E-state index in [-0.39, 0.29) is 23.7 Å². The average Bonchev–Trinajstić information content (AvgIpc) is 2.59. The maximum absolute atomic E-state index is 12.8. The molecule has 4 nitrogen and oxygen atoms in total. The van der Waals surface area contributed by atoms with Crippen molar-refractivity contribution in [2.75, 3.05) is 6.54 Å². The molecule has 0 heterocycles. The fraction of sp³-hybridized carbons (Fsp3) is 0.263. The Kier molecular flexibility index (Phi) is 6.95. The smallest absolute Gasteiger partial charge is 0.251 e. The predicted octanol–water partition coefficient (Wildman–Crippen LogP) is 3.87. The average molecular weight is 363 g/mol. The highest BCUT2D eigenvalue weighted by Crippen LogP contribution is 2.22. The van der Waals surface area contributed by atoms with Gasteiger partial charge in [0, 0.05) is 23.6 Å². The first kappa shape index (κ1) is 18.9. The lowest BCUT2D eigenvalue weighted by atomic mass is 10.1. The van der Waals surface area contributed by atoms with E-state index < -0.39 is 0 Å². The zero-order chi connectivity index (χ0) is 18.2. The summed E-state index contributed by atoms with van der Waals surface area (Å²) in [6.07, 6.45) is 0.798. The topological polar surface area (TPSA) is 58.2 Å². The summed E-state index contributed by atoms with van der Waals surface area (Å²) in [7, 11) is 0. The summed E-state index contributed by atoms with van der Waals surface area (Å²) in [5.41, 5.74) is 1.25. The largest absolute Gasteiger partial charge is 0.352 e. The lowest BCUT2D eigenvalue weighted by Crippen LogP contribution is -2.29. The summed E-state index contributed by atoms with van der Waals surface area (Å²) in [5, 5.41) is 6.20. The van der Waals surface area contributed by atoms with Crippen LogP contribution in [0, 0.1) is 5.82 Å². The molecule has 132 valence electrons. The first-order valence-corrected chi connectivity index (χ1v) is 8.42. The van der Waals surface area contributed by atoms with E-state index in [4.69, 9.17) is 11.6 Å². The van der Waals surface area contributed by atoms with Crippen molar-refractivity contribution in [1.29, 1.82) is 0 Å². The molecule has 2 aromatic carbocycles. The number of amides is 2. The number of hydrogen-bond acceptors (Lipinski definition) is 2. The highest BCUT2D eigenvalue weighted by molar-refractivity contribution is 6.31. The zero-order valence-corrected chi connectivity index (χ0v) is 14.6. The molecule has 2 N–H and O–H groups in total. The van der Waals surface area contributed by atoms with Gasteiger partial charge >= 0.3 is 0 Å². The monoisotopic (exact) mass is 362 g/mol. The van der Waals surface area contributed by atoms with Gasteiger partial charge in [-0.25, -0.2) is 4.39 Å². The molecule has 0 saturated heterocycles. The number of rotatable bonds is 7.